The molecule has 0 unspecified atom stereocenters. The predicted molar refractivity (Wildman–Crippen MR) is 100 cm³/mol. The summed E-state index contributed by atoms with van der Waals surface area (Å²) >= 11 is 0. The highest BCUT2D eigenvalue weighted by atomic mass is 16.6. The summed E-state index contributed by atoms with van der Waals surface area (Å²) in [6, 6.07) is 10.7. The molecule has 1 aliphatic rings. The maximum absolute atomic E-state index is 12.2. The van der Waals surface area contributed by atoms with Gasteiger partial charge in [0.1, 0.15) is 13.2 Å². The molecule has 0 spiro atoms. The summed E-state index contributed by atoms with van der Waals surface area (Å²) in [4.78, 5) is 24.3. The van der Waals surface area contributed by atoms with Gasteiger partial charge in [0, 0.05) is 0 Å². The molecule has 1 amide bonds. The van der Waals surface area contributed by atoms with Crippen molar-refractivity contribution in [2.24, 2.45) is 0 Å². The Labute approximate surface area is 158 Å². The van der Waals surface area contributed by atoms with Crippen LogP contribution in [0.15, 0.2) is 36.4 Å². The van der Waals surface area contributed by atoms with E-state index in [9.17, 15) is 9.59 Å². The van der Waals surface area contributed by atoms with Crippen LogP contribution in [0, 0.1) is 13.8 Å². The summed E-state index contributed by atoms with van der Waals surface area (Å²) in [5, 5.41) is 2.84. The molecule has 3 rings (SSSR count). The van der Waals surface area contributed by atoms with Gasteiger partial charge in [0.15, 0.2) is 18.1 Å². The molecule has 0 bridgehead atoms. The average molecular weight is 369 g/mol. The predicted octanol–water partition coefficient (Wildman–Crippen LogP) is 3.11. The minimum atomic E-state index is -0.582. The van der Waals surface area contributed by atoms with E-state index in [1.807, 2.05) is 39.0 Å². The number of fused-ring (bicyclic) bond motifs is 1. The number of carbonyl (C=O) groups excluding carboxylic acids is 2. The summed E-state index contributed by atoms with van der Waals surface area (Å²) < 4.78 is 16.0. The zero-order valence-electron chi connectivity index (χ0n) is 15.7. The maximum atomic E-state index is 12.2. The minimum absolute atomic E-state index is 0.176. The summed E-state index contributed by atoms with van der Waals surface area (Å²) in [5.74, 6) is 0.161. The molecule has 1 heterocycles. The maximum Gasteiger partial charge on any atom is 0.338 e. The quantitative estimate of drug-likeness (QED) is 0.820. The molecule has 6 nitrogen and oxygen atoms in total. The standard InChI is InChI=1S/C21H23NO5/c1-13-4-5-16(10-14(13)2)15(3)22-20(23)12-27-21(24)17-6-7-18-19(11-17)26-9-8-25-18/h4-7,10-11,15H,8-9,12H2,1-3H3,(H,22,23)/t15-/m0/s1. The number of hydrogen-bond donors (Lipinski definition) is 1. The SMILES string of the molecule is Cc1ccc([C@H](C)NC(=O)COC(=O)c2ccc3c(c2)OCCO3)cc1C. The third-order valence-electron chi connectivity index (χ3n) is 4.52. The number of ether oxygens (including phenoxy) is 3. The molecule has 2 aromatic rings. The number of esters is 1. The number of hydrogen-bond acceptors (Lipinski definition) is 5. The van der Waals surface area contributed by atoms with E-state index in [1.54, 1.807) is 18.2 Å². The molecular formula is C21H23NO5. The van der Waals surface area contributed by atoms with E-state index in [2.05, 4.69) is 5.32 Å². The largest absolute Gasteiger partial charge is 0.486 e. The second-order valence-electron chi connectivity index (χ2n) is 6.57. The molecule has 0 radical (unpaired) electrons. The first kappa shape index (κ1) is 18.8. The van der Waals surface area contributed by atoms with Crippen LogP contribution in [0.3, 0.4) is 0 Å². The number of nitrogens with one attached hydrogen (secondary N) is 1. The topological polar surface area (TPSA) is 73.9 Å². The zero-order valence-corrected chi connectivity index (χ0v) is 15.7. The Morgan fingerprint density at radius 2 is 1.78 bits per heavy atom. The second kappa shape index (κ2) is 8.12. The first-order valence-electron chi connectivity index (χ1n) is 8.87. The highest BCUT2D eigenvalue weighted by Crippen LogP contribution is 2.30. The molecule has 1 atom stereocenters. The number of rotatable bonds is 5. The molecule has 1 N–H and O–H groups in total. The van der Waals surface area contributed by atoms with Crippen LogP contribution in [-0.4, -0.2) is 31.7 Å². The van der Waals surface area contributed by atoms with Gasteiger partial charge in [0.2, 0.25) is 0 Å². The third kappa shape index (κ3) is 4.58. The molecular weight excluding hydrogens is 346 g/mol. The summed E-state index contributed by atoms with van der Waals surface area (Å²) in [5.41, 5.74) is 3.68. The van der Waals surface area contributed by atoms with E-state index in [0.29, 0.717) is 30.3 Å². The van der Waals surface area contributed by atoms with Crippen LogP contribution in [0.4, 0.5) is 0 Å². The van der Waals surface area contributed by atoms with E-state index in [0.717, 1.165) is 5.56 Å². The van der Waals surface area contributed by atoms with E-state index in [4.69, 9.17) is 14.2 Å². The molecule has 0 saturated heterocycles. The smallest absolute Gasteiger partial charge is 0.338 e. The average Bonchev–Trinajstić information content (AvgIpc) is 2.67. The van der Waals surface area contributed by atoms with Crippen LogP contribution in [0.25, 0.3) is 0 Å². The van der Waals surface area contributed by atoms with Gasteiger partial charge in [-0.1, -0.05) is 18.2 Å². The van der Waals surface area contributed by atoms with E-state index < -0.39 is 5.97 Å². The van der Waals surface area contributed by atoms with Gasteiger partial charge in [-0.25, -0.2) is 4.79 Å². The molecule has 0 aromatic heterocycles. The van der Waals surface area contributed by atoms with Gasteiger partial charge in [-0.2, -0.15) is 0 Å². The highest BCUT2D eigenvalue weighted by molar-refractivity contribution is 5.92. The monoisotopic (exact) mass is 369 g/mol. The summed E-state index contributed by atoms with van der Waals surface area (Å²) in [6.07, 6.45) is 0. The van der Waals surface area contributed by atoms with Crippen LogP contribution in [-0.2, 0) is 9.53 Å². The van der Waals surface area contributed by atoms with Crippen molar-refractivity contribution in [2.75, 3.05) is 19.8 Å². The molecule has 6 heteroatoms. The minimum Gasteiger partial charge on any atom is -0.486 e. The molecule has 0 aliphatic carbocycles. The number of benzene rings is 2. The Morgan fingerprint density at radius 3 is 2.52 bits per heavy atom. The summed E-state index contributed by atoms with van der Waals surface area (Å²) in [7, 11) is 0. The van der Waals surface area contributed by atoms with Gasteiger partial charge in [-0.15, -0.1) is 0 Å². The van der Waals surface area contributed by atoms with Crippen molar-refractivity contribution in [2.45, 2.75) is 26.8 Å². The zero-order chi connectivity index (χ0) is 19.4. The fourth-order valence-corrected chi connectivity index (χ4v) is 2.79. The van der Waals surface area contributed by atoms with Crippen molar-refractivity contribution in [3.8, 4) is 11.5 Å². The Morgan fingerprint density at radius 1 is 1.04 bits per heavy atom. The lowest BCUT2D eigenvalue weighted by atomic mass is 10.0. The van der Waals surface area contributed by atoms with Crippen molar-refractivity contribution in [1.29, 1.82) is 0 Å². The molecule has 142 valence electrons. The lowest BCUT2D eigenvalue weighted by Gasteiger charge is -2.18. The van der Waals surface area contributed by atoms with Crippen molar-refractivity contribution < 1.29 is 23.8 Å². The lowest BCUT2D eigenvalue weighted by Crippen LogP contribution is -2.31. The van der Waals surface area contributed by atoms with Crippen LogP contribution < -0.4 is 14.8 Å². The Balaban J connectivity index is 1.54. The van der Waals surface area contributed by atoms with Gasteiger partial charge in [-0.05, 0) is 55.7 Å². The number of aryl methyl sites for hydroxylation is 2. The second-order valence-corrected chi connectivity index (χ2v) is 6.57. The normalized spacial score (nSPS) is 13.6. The van der Waals surface area contributed by atoms with Crippen LogP contribution in [0.5, 0.6) is 11.5 Å². The van der Waals surface area contributed by atoms with E-state index >= 15 is 0 Å². The van der Waals surface area contributed by atoms with Gasteiger partial charge in [0.05, 0.1) is 11.6 Å². The van der Waals surface area contributed by atoms with Crippen molar-refractivity contribution >= 4 is 11.9 Å². The molecule has 1 aliphatic heterocycles. The molecule has 27 heavy (non-hydrogen) atoms. The summed E-state index contributed by atoms with van der Waals surface area (Å²) in [6.45, 7) is 6.54. The van der Waals surface area contributed by atoms with Crippen LogP contribution in [0.2, 0.25) is 0 Å². The first-order valence-corrected chi connectivity index (χ1v) is 8.87. The first-order chi connectivity index (χ1) is 12.9. The fourth-order valence-electron chi connectivity index (χ4n) is 2.79. The number of carbonyl (C=O) groups is 2. The van der Waals surface area contributed by atoms with E-state index in [-0.39, 0.29) is 18.6 Å². The fraction of sp³-hybridized carbons (Fsp3) is 0.333. The van der Waals surface area contributed by atoms with Crippen molar-refractivity contribution in [1.82, 2.24) is 5.32 Å². The van der Waals surface area contributed by atoms with E-state index in [1.165, 1.54) is 11.1 Å². The van der Waals surface area contributed by atoms with Crippen molar-refractivity contribution in [3.63, 3.8) is 0 Å². The van der Waals surface area contributed by atoms with Gasteiger partial charge in [-0.3, -0.25) is 4.79 Å². The Bertz CT molecular complexity index is 862. The highest BCUT2D eigenvalue weighted by Gasteiger charge is 2.17. The van der Waals surface area contributed by atoms with Gasteiger partial charge < -0.3 is 19.5 Å². The number of amides is 1. The van der Waals surface area contributed by atoms with Gasteiger partial charge in [0.25, 0.3) is 5.91 Å². The third-order valence-corrected chi connectivity index (χ3v) is 4.52. The van der Waals surface area contributed by atoms with Gasteiger partial charge >= 0.3 is 5.97 Å². The Hall–Kier alpha value is -3.02. The molecule has 2 aromatic carbocycles. The van der Waals surface area contributed by atoms with Crippen molar-refractivity contribution in [3.05, 3.63) is 58.7 Å². The Kier molecular flexibility index (Phi) is 5.64. The van der Waals surface area contributed by atoms with Crippen LogP contribution in [0.1, 0.15) is 40.0 Å². The molecule has 0 saturated carbocycles. The van der Waals surface area contributed by atoms with Crippen LogP contribution >= 0.6 is 0 Å². The molecule has 0 fully saturated rings. The lowest BCUT2D eigenvalue weighted by molar-refractivity contribution is -0.124.